The van der Waals surface area contributed by atoms with E-state index in [0.29, 0.717) is 50.3 Å². The molecule has 3 N–H and O–H groups in total. The van der Waals surface area contributed by atoms with Gasteiger partial charge in [-0.15, -0.1) is 23.1 Å². The van der Waals surface area contributed by atoms with E-state index in [0.717, 1.165) is 29.1 Å². The van der Waals surface area contributed by atoms with Crippen LogP contribution in [0.15, 0.2) is 144 Å². The first-order valence-corrected chi connectivity index (χ1v) is 21.7. The number of nitrogens with zero attached hydrogens (tertiary/aromatic N) is 1. The van der Waals surface area contributed by atoms with Crippen molar-refractivity contribution < 1.29 is 23.9 Å². The molecule has 3 amide bonds. The number of ether oxygens (including phenoxy) is 1. The van der Waals surface area contributed by atoms with Crippen LogP contribution in [0.2, 0.25) is 10.0 Å². The quantitative estimate of drug-likeness (QED) is 0.0567. The number of carbonyl (C=O) groups is 4. The molecular weight excluding hydrogens is 836 g/mol. The van der Waals surface area contributed by atoms with Gasteiger partial charge in [-0.1, -0.05) is 120 Å². The van der Waals surface area contributed by atoms with Crippen molar-refractivity contribution in [1.82, 2.24) is 10.2 Å². The number of anilines is 2. The number of thioether (sulfide) groups is 1. The van der Waals surface area contributed by atoms with E-state index in [-0.39, 0.29) is 23.2 Å². The van der Waals surface area contributed by atoms with Crippen LogP contribution < -0.4 is 16.0 Å². The molecule has 0 fully saturated rings. The van der Waals surface area contributed by atoms with E-state index < -0.39 is 23.0 Å². The van der Waals surface area contributed by atoms with E-state index in [1.165, 1.54) is 34.7 Å². The van der Waals surface area contributed by atoms with Crippen molar-refractivity contribution in [3.63, 3.8) is 0 Å². The number of hydrogen-bond donors (Lipinski definition) is 3. The SMILES string of the molecule is CCOC(=O)c1c(NC(=O)C(Sc2cccc(NC(=O)/C(=C\c3cccc(Cl)c3Cl)NC(=O)c3ccccc3)c2)c2ccccc2)sc2c1CCN(Cc1ccccc1)C2. The molecule has 0 radical (unpaired) electrons. The van der Waals surface area contributed by atoms with Crippen LogP contribution in [0.3, 0.4) is 0 Å². The van der Waals surface area contributed by atoms with E-state index >= 15 is 0 Å². The summed E-state index contributed by atoms with van der Waals surface area (Å²) in [5.41, 5.74) is 4.43. The highest BCUT2D eigenvalue weighted by atomic mass is 35.5. The number of esters is 1. The van der Waals surface area contributed by atoms with Gasteiger partial charge in [-0.3, -0.25) is 19.3 Å². The summed E-state index contributed by atoms with van der Waals surface area (Å²) in [5, 5.41) is 8.97. The second-order valence-electron chi connectivity index (χ2n) is 13.8. The smallest absolute Gasteiger partial charge is 0.341 e. The van der Waals surface area contributed by atoms with Crippen molar-refractivity contribution >= 4 is 86.8 Å². The molecular formula is C47H40Cl2N4O5S2. The van der Waals surface area contributed by atoms with Gasteiger partial charge in [0.25, 0.3) is 11.8 Å². The summed E-state index contributed by atoms with van der Waals surface area (Å²) < 4.78 is 5.51. The lowest BCUT2D eigenvalue weighted by molar-refractivity contribution is -0.116. The highest BCUT2D eigenvalue weighted by Gasteiger charge is 2.32. The second-order valence-corrected chi connectivity index (χ2v) is 16.8. The van der Waals surface area contributed by atoms with Crippen LogP contribution >= 0.6 is 46.3 Å². The Hall–Kier alpha value is -5.69. The Bertz CT molecular complexity index is 2530. The lowest BCUT2D eigenvalue weighted by Gasteiger charge is -2.27. The predicted molar refractivity (Wildman–Crippen MR) is 242 cm³/mol. The molecule has 0 saturated heterocycles. The molecule has 1 aromatic heterocycles. The maximum atomic E-state index is 14.4. The fourth-order valence-electron chi connectivity index (χ4n) is 6.73. The second kappa shape index (κ2) is 20.0. The molecule has 0 spiro atoms. The molecule has 0 aliphatic carbocycles. The third kappa shape index (κ3) is 10.5. The molecule has 1 unspecified atom stereocenters. The van der Waals surface area contributed by atoms with Crippen LogP contribution in [-0.2, 0) is 33.8 Å². The van der Waals surface area contributed by atoms with Crippen molar-refractivity contribution in [1.29, 1.82) is 0 Å². The number of carbonyl (C=O) groups excluding carboxylic acids is 4. The van der Waals surface area contributed by atoms with E-state index in [2.05, 4.69) is 33.0 Å². The Labute approximate surface area is 366 Å². The Morgan fingerprint density at radius 2 is 1.55 bits per heavy atom. The van der Waals surface area contributed by atoms with Crippen molar-refractivity contribution in [3.05, 3.63) is 187 Å². The first-order valence-electron chi connectivity index (χ1n) is 19.2. The molecule has 5 aromatic carbocycles. The molecule has 13 heteroatoms. The van der Waals surface area contributed by atoms with Crippen LogP contribution in [0.25, 0.3) is 6.08 Å². The molecule has 60 heavy (non-hydrogen) atoms. The van der Waals surface area contributed by atoms with Gasteiger partial charge in [-0.25, -0.2) is 4.79 Å². The number of amides is 3. The zero-order valence-electron chi connectivity index (χ0n) is 32.5. The van der Waals surface area contributed by atoms with Crippen LogP contribution in [0.5, 0.6) is 0 Å². The summed E-state index contributed by atoms with van der Waals surface area (Å²) in [7, 11) is 0. The lowest BCUT2D eigenvalue weighted by Crippen LogP contribution is -2.30. The molecule has 9 nitrogen and oxygen atoms in total. The fourth-order valence-corrected chi connectivity index (χ4v) is 9.46. The molecule has 304 valence electrons. The molecule has 2 heterocycles. The first-order chi connectivity index (χ1) is 29.2. The van der Waals surface area contributed by atoms with Gasteiger partial charge >= 0.3 is 5.97 Å². The lowest BCUT2D eigenvalue weighted by atomic mass is 10.0. The van der Waals surface area contributed by atoms with Crippen molar-refractivity contribution in [2.24, 2.45) is 0 Å². The summed E-state index contributed by atoms with van der Waals surface area (Å²) in [4.78, 5) is 59.1. The molecule has 1 atom stereocenters. The number of hydrogen-bond acceptors (Lipinski definition) is 8. The topological polar surface area (TPSA) is 117 Å². The van der Waals surface area contributed by atoms with Gasteiger partial charge in [-0.2, -0.15) is 0 Å². The zero-order valence-corrected chi connectivity index (χ0v) is 35.6. The van der Waals surface area contributed by atoms with Crippen LogP contribution in [0.1, 0.15) is 60.0 Å². The van der Waals surface area contributed by atoms with Gasteiger partial charge < -0.3 is 20.7 Å². The molecule has 1 aliphatic heterocycles. The number of halogens is 2. The fraction of sp³-hybridized carbons (Fsp3) is 0.149. The molecule has 0 bridgehead atoms. The van der Waals surface area contributed by atoms with Crippen molar-refractivity contribution in [3.8, 4) is 0 Å². The monoisotopic (exact) mass is 874 g/mol. The van der Waals surface area contributed by atoms with E-state index in [1.807, 2.05) is 54.6 Å². The van der Waals surface area contributed by atoms with Gasteiger partial charge in [0.15, 0.2) is 0 Å². The average molecular weight is 876 g/mol. The van der Waals surface area contributed by atoms with Gasteiger partial charge in [0.05, 0.1) is 22.2 Å². The summed E-state index contributed by atoms with van der Waals surface area (Å²) in [6.45, 7) is 4.15. The van der Waals surface area contributed by atoms with Crippen LogP contribution in [0, 0.1) is 0 Å². The Balaban J connectivity index is 1.13. The highest BCUT2D eigenvalue weighted by molar-refractivity contribution is 8.00. The third-order valence-corrected chi connectivity index (χ3v) is 12.8. The number of thiophene rings is 1. The summed E-state index contributed by atoms with van der Waals surface area (Å²) in [6, 6.07) is 40.2. The maximum Gasteiger partial charge on any atom is 0.341 e. The molecule has 1 aliphatic rings. The minimum Gasteiger partial charge on any atom is -0.462 e. The van der Waals surface area contributed by atoms with Gasteiger partial charge in [0, 0.05) is 40.7 Å². The zero-order chi connectivity index (χ0) is 42.0. The van der Waals surface area contributed by atoms with Crippen LogP contribution in [0.4, 0.5) is 10.7 Å². The first kappa shape index (κ1) is 42.4. The number of nitrogens with one attached hydrogen (secondary N) is 3. The summed E-state index contributed by atoms with van der Waals surface area (Å²) in [5.74, 6) is -1.87. The summed E-state index contributed by atoms with van der Waals surface area (Å²) >= 11 is 15.4. The van der Waals surface area contributed by atoms with Gasteiger partial charge in [0.2, 0.25) is 5.91 Å². The standard InChI is InChI=1S/C47H40Cl2N4O5S2/c1-2-58-47(57)40-36-24-25-53(28-30-14-6-3-7-15-30)29-39(36)60-46(40)52-45(56)42(31-16-8-4-9-17-31)59-35-22-13-21-34(27-35)50-44(55)38(26-33-20-12-23-37(48)41(33)49)51-43(54)32-18-10-5-11-19-32/h3-23,26-27,42H,2,24-25,28-29H2,1H3,(H,50,55)(H,51,54)(H,52,56)/b38-26+. The largest absolute Gasteiger partial charge is 0.462 e. The van der Waals surface area contributed by atoms with E-state index in [1.54, 1.807) is 73.7 Å². The predicted octanol–water partition coefficient (Wildman–Crippen LogP) is 10.7. The number of fused-ring (bicyclic) bond motifs is 1. The van der Waals surface area contributed by atoms with Gasteiger partial charge in [0.1, 0.15) is 15.9 Å². The van der Waals surface area contributed by atoms with Gasteiger partial charge in [-0.05, 0) is 78.1 Å². The Morgan fingerprint density at radius 1 is 0.850 bits per heavy atom. The Kier molecular flexibility index (Phi) is 14.2. The molecule has 7 rings (SSSR count). The van der Waals surface area contributed by atoms with Crippen molar-refractivity contribution in [2.45, 2.75) is 36.6 Å². The van der Waals surface area contributed by atoms with E-state index in [9.17, 15) is 19.2 Å². The number of rotatable bonds is 14. The van der Waals surface area contributed by atoms with Crippen LogP contribution in [-0.4, -0.2) is 41.7 Å². The normalized spacial score (nSPS) is 13.2. The third-order valence-electron chi connectivity index (χ3n) is 9.60. The molecule has 6 aromatic rings. The Morgan fingerprint density at radius 3 is 2.28 bits per heavy atom. The maximum absolute atomic E-state index is 14.4. The molecule has 0 saturated carbocycles. The number of benzene rings is 5. The minimum atomic E-state index is -0.744. The average Bonchev–Trinajstić information content (AvgIpc) is 3.62. The van der Waals surface area contributed by atoms with Crippen molar-refractivity contribution in [2.75, 3.05) is 23.8 Å². The van der Waals surface area contributed by atoms with E-state index in [4.69, 9.17) is 27.9 Å². The summed E-state index contributed by atoms with van der Waals surface area (Å²) in [6.07, 6.45) is 2.11. The minimum absolute atomic E-state index is 0.0631. The highest BCUT2D eigenvalue weighted by Crippen LogP contribution is 2.41.